The summed E-state index contributed by atoms with van der Waals surface area (Å²) in [6.07, 6.45) is 4.33. The van der Waals surface area contributed by atoms with Gasteiger partial charge in [0.25, 0.3) is 0 Å². The van der Waals surface area contributed by atoms with Crippen LogP contribution < -0.4 is 10.6 Å². The molecule has 1 unspecified atom stereocenters. The summed E-state index contributed by atoms with van der Waals surface area (Å²) in [5.41, 5.74) is 5.75. The minimum Gasteiger partial charge on any atom is -0.384 e. The Balaban J connectivity index is 2.01. The summed E-state index contributed by atoms with van der Waals surface area (Å²) in [5.74, 6) is 1.35. The van der Waals surface area contributed by atoms with E-state index in [0.29, 0.717) is 11.6 Å². The molecular weight excluding hydrogens is 218 g/mol. The van der Waals surface area contributed by atoms with Gasteiger partial charge in [-0.05, 0) is 6.42 Å². The van der Waals surface area contributed by atoms with Crippen molar-refractivity contribution < 1.29 is 4.74 Å². The fourth-order valence-electron chi connectivity index (χ4n) is 2.04. The maximum absolute atomic E-state index is 7.25. The largest absolute Gasteiger partial charge is 0.384 e. The highest BCUT2D eigenvalue weighted by Crippen LogP contribution is 2.21. The van der Waals surface area contributed by atoms with Crippen LogP contribution >= 0.6 is 0 Å². The van der Waals surface area contributed by atoms with Gasteiger partial charge >= 0.3 is 0 Å². The van der Waals surface area contributed by atoms with Crippen LogP contribution in [0.3, 0.4) is 0 Å². The third kappa shape index (κ3) is 2.71. The molecule has 1 aromatic rings. The Morgan fingerprint density at radius 2 is 2.41 bits per heavy atom. The fourth-order valence-corrected chi connectivity index (χ4v) is 2.04. The number of ether oxygens (including phenoxy) is 1. The quantitative estimate of drug-likeness (QED) is 0.576. The second-order valence-corrected chi connectivity index (χ2v) is 4.23. The topological polar surface area (TPSA) is 88.1 Å². The smallest absolute Gasteiger partial charge is 0.147 e. The standard InChI is InChI=1S/C11H17N5O/c1-17-7-8-2-3-16(6-8)10-5-14-9(4-15-10)11(12)13/h4-5,8H,2-3,6-7H2,1H3,(H3,12,13). The number of nitrogens with one attached hydrogen (secondary N) is 1. The molecule has 2 rings (SSSR count). The van der Waals surface area contributed by atoms with Crippen molar-refractivity contribution in [3.8, 4) is 0 Å². The van der Waals surface area contributed by atoms with Crippen molar-refractivity contribution in [2.24, 2.45) is 11.7 Å². The summed E-state index contributed by atoms with van der Waals surface area (Å²) in [7, 11) is 1.73. The van der Waals surface area contributed by atoms with Gasteiger partial charge in [-0.2, -0.15) is 0 Å². The van der Waals surface area contributed by atoms with Crippen LogP contribution in [0.25, 0.3) is 0 Å². The van der Waals surface area contributed by atoms with Gasteiger partial charge in [-0.3, -0.25) is 5.41 Å². The summed E-state index contributed by atoms with van der Waals surface area (Å²) in [6.45, 7) is 2.71. The number of hydrogen-bond donors (Lipinski definition) is 2. The number of nitrogens with two attached hydrogens (primary N) is 1. The predicted molar refractivity (Wildman–Crippen MR) is 65.2 cm³/mol. The molecule has 0 amide bonds. The van der Waals surface area contributed by atoms with Crippen LogP contribution in [0.1, 0.15) is 12.1 Å². The number of hydrogen-bond acceptors (Lipinski definition) is 5. The molecule has 2 heterocycles. The summed E-state index contributed by atoms with van der Waals surface area (Å²) < 4.78 is 5.15. The Morgan fingerprint density at radius 1 is 1.59 bits per heavy atom. The molecule has 1 fully saturated rings. The SMILES string of the molecule is COCC1CCN(c2cnc(C(=N)N)cn2)C1. The lowest BCUT2D eigenvalue weighted by Crippen LogP contribution is -2.23. The second-order valence-electron chi connectivity index (χ2n) is 4.23. The highest BCUT2D eigenvalue weighted by Gasteiger charge is 2.23. The van der Waals surface area contributed by atoms with E-state index in [0.717, 1.165) is 31.9 Å². The van der Waals surface area contributed by atoms with E-state index in [2.05, 4.69) is 14.9 Å². The van der Waals surface area contributed by atoms with Crippen LogP contribution in [-0.2, 0) is 4.74 Å². The molecule has 1 aromatic heterocycles. The van der Waals surface area contributed by atoms with Gasteiger partial charge in [-0.1, -0.05) is 0 Å². The first-order valence-electron chi connectivity index (χ1n) is 5.61. The zero-order valence-corrected chi connectivity index (χ0v) is 9.89. The highest BCUT2D eigenvalue weighted by molar-refractivity contribution is 5.92. The van der Waals surface area contributed by atoms with Gasteiger partial charge in [0.05, 0.1) is 19.0 Å². The van der Waals surface area contributed by atoms with Crippen molar-refractivity contribution in [3.05, 3.63) is 18.1 Å². The molecule has 0 bridgehead atoms. The van der Waals surface area contributed by atoms with E-state index in [-0.39, 0.29) is 5.84 Å². The molecule has 1 aliphatic rings. The zero-order valence-electron chi connectivity index (χ0n) is 9.89. The van der Waals surface area contributed by atoms with Crippen molar-refractivity contribution in [1.29, 1.82) is 5.41 Å². The van der Waals surface area contributed by atoms with Crippen LogP contribution in [0.2, 0.25) is 0 Å². The van der Waals surface area contributed by atoms with Crippen molar-refractivity contribution in [2.75, 3.05) is 31.7 Å². The van der Waals surface area contributed by atoms with E-state index in [9.17, 15) is 0 Å². The molecule has 17 heavy (non-hydrogen) atoms. The Morgan fingerprint density at radius 3 is 3.00 bits per heavy atom. The first kappa shape index (κ1) is 11.8. The number of anilines is 1. The van der Waals surface area contributed by atoms with Gasteiger partial charge in [0.2, 0.25) is 0 Å². The van der Waals surface area contributed by atoms with Gasteiger partial charge < -0.3 is 15.4 Å². The fraction of sp³-hybridized carbons (Fsp3) is 0.545. The number of amidine groups is 1. The van der Waals surface area contributed by atoms with Gasteiger partial charge in [-0.25, -0.2) is 9.97 Å². The molecule has 0 radical (unpaired) electrons. The third-order valence-electron chi connectivity index (χ3n) is 2.93. The van der Waals surface area contributed by atoms with E-state index in [1.54, 1.807) is 19.5 Å². The number of aromatic nitrogens is 2. The molecule has 1 saturated heterocycles. The predicted octanol–water partition coefficient (Wildman–Crippen LogP) is 0.233. The highest BCUT2D eigenvalue weighted by atomic mass is 16.5. The molecule has 1 aliphatic heterocycles. The van der Waals surface area contributed by atoms with E-state index < -0.39 is 0 Å². The van der Waals surface area contributed by atoms with E-state index in [4.69, 9.17) is 15.9 Å². The molecule has 92 valence electrons. The van der Waals surface area contributed by atoms with Crippen LogP contribution in [0.5, 0.6) is 0 Å². The molecule has 1 atom stereocenters. The van der Waals surface area contributed by atoms with Crippen molar-refractivity contribution in [3.63, 3.8) is 0 Å². The maximum atomic E-state index is 7.25. The molecule has 3 N–H and O–H groups in total. The Kier molecular flexibility index (Phi) is 3.53. The second kappa shape index (κ2) is 5.09. The van der Waals surface area contributed by atoms with Crippen LogP contribution in [0.4, 0.5) is 5.82 Å². The molecule has 0 aromatic carbocycles. The molecular formula is C11H17N5O. The van der Waals surface area contributed by atoms with E-state index >= 15 is 0 Å². The zero-order chi connectivity index (χ0) is 12.3. The molecule has 0 saturated carbocycles. The lowest BCUT2D eigenvalue weighted by molar-refractivity contribution is 0.161. The maximum Gasteiger partial charge on any atom is 0.147 e. The van der Waals surface area contributed by atoms with Gasteiger partial charge in [0.1, 0.15) is 17.3 Å². The molecule has 0 spiro atoms. The first-order valence-corrected chi connectivity index (χ1v) is 5.61. The van der Waals surface area contributed by atoms with Gasteiger partial charge in [0, 0.05) is 26.1 Å². The van der Waals surface area contributed by atoms with E-state index in [1.807, 2.05) is 0 Å². The lowest BCUT2D eigenvalue weighted by Gasteiger charge is -2.16. The average Bonchev–Trinajstić information content (AvgIpc) is 2.78. The van der Waals surface area contributed by atoms with Crippen molar-refractivity contribution in [1.82, 2.24) is 9.97 Å². The number of nitrogens with zero attached hydrogens (tertiary/aromatic N) is 3. The van der Waals surface area contributed by atoms with Crippen LogP contribution in [0, 0.1) is 11.3 Å². The van der Waals surface area contributed by atoms with Crippen molar-refractivity contribution >= 4 is 11.7 Å². The Hall–Kier alpha value is -1.69. The van der Waals surface area contributed by atoms with E-state index in [1.165, 1.54) is 0 Å². The summed E-state index contributed by atoms with van der Waals surface area (Å²) in [6, 6.07) is 0. The van der Waals surface area contributed by atoms with Crippen LogP contribution in [-0.4, -0.2) is 42.6 Å². The summed E-state index contributed by atoms with van der Waals surface area (Å²) >= 11 is 0. The summed E-state index contributed by atoms with van der Waals surface area (Å²) in [4.78, 5) is 10.6. The first-order chi connectivity index (χ1) is 8.20. The summed E-state index contributed by atoms with van der Waals surface area (Å²) in [5, 5.41) is 7.25. The van der Waals surface area contributed by atoms with Crippen LogP contribution in [0.15, 0.2) is 12.4 Å². The minimum atomic E-state index is -0.0530. The average molecular weight is 235 g/mol. The monoisotopic (exact) mass is 235 g/mol. The Labute approximate surface area is 100 Å². The molecule has 6 nitrogen and oxygen atoms in total. The van der Waals surface area contributed by atoms with Crippen molar-refractivity contribution in [2.45, 2.75) is 6.42 Å². The molecule has 6 heteroatoms. The van der Waals surface area contributed by atoms with Gasteiger partial charge in [-0.15, -0.1) is 0 Å². The third-order valence-corrected chi connectivity index (χ3v) is 2.93. The number of rotatable bonds is 4. The number of nitrogen functional groups attached to an aromatic ring is 1. The molecule has 0 aliphatic carbocycles. The number of methoxy groups -OCH3 is 1. The normalized spacial score (nSPS) is 19.6. The minimum absolute atomic E-state index is 0.0530. The van der Waals surface area contributed by atoms with Gasteiger partial charge in [0.15, 0.2) is 0 Å². The Bertz CT molecular complexity index is 391. The lowest BCUT2D eigenvalue weighted by atomic mass is 10.1.